The Kier molecular flexibility index (Phi) is 4.65. The van der Waals surface area contributed by atoms with E-state index in [0.29, 0.717) is 5.75 Å². The van der Waals surface area contributed by atoms with Crippen LogP contribution in [0.2, 0.25) is 0 Å². The number of benzene rings is 2. The van der Waals surface area contributed by atoms with E-state index in [0.717, 1.165) is 44.0 Å². The molecule has 3 aromatic heterocycles. The van der Waals surface area contributed by atoms with Crippen LogP contribution < -0.4 is 5.56 Å². The van der Waals surface area contributed by atoms with E-state index in [1.165, 1.54) is 11.3 Å². The van der Waals surface area contributed by atoms with Crippen molar-refractivity contribution >= 4 is 38.3 Å². The highest BCUT2D eigenvalue weighted by molar-refractivity contribution is 7.98. The molecule has 0 atom stereocenters. The van der Waals surface area contributed by atoms with E-state index in [4.69, 9.17) is 4.98 Å². The SMILES string of the molecule is CCn1c(SCc2cc(=O)n3c(n2)sc2ccccc23)nnc1-c1ccccc1. The van der Waals surface area contributed by atoms with Crippen molar-refractivity contribution in [3.63, 3.8) is 0 Å². The standard InChI is InChI=1S/C21H17N5OS2/c1-2-25-19(14-8-4-3-5-9-14)23-24-21(25)28-13-15-12-18(27)26-16-10-6-7-11-17(16)29-20(26)22-15/h3-12H,2,13H2,1H3. The van der Waals surface area contributed by atoms with E-state index in [1.54, 1.807) is 22.2 Å². The van der Waals surface area contributed by atoms with Gasteiger partial charge in [-0.2, -0.15) is 0 Å². The first-order valence-corrected chi connectivity index (χ1v) is 11.1. The van der Waals surface area contributed by atoms with Crippen molar-refractivity contribution in [3.8, 4) is 11.4 Å². The number of aromatic nitrogens is 5. The number of fused-ring (bicyclic) bond motifs is 3. The smallest absolute Gasteiger partial charge is 0.259 e. The average molecular weight is 420 g/mol. The Labute approximate surface area is 174 Å². The summed E-state index contributed by atoms with van der Waals surface area (Å²) in [6.45, 7) is 2.85. The predicted octanol–water partition coefficient (Wildman–Crippen LogP) is 4.48. The molecule has 0 aliphatic rings. The molecule has 5 aromatic rings. The molecule has 5 rings (SSSR count). The molecular formula is C21H17N5OS2. The van der Waals surface area contributed by atoms with E-state index in [9.17, 15) is 4.79 Å². The summed E-state index contributed by atoms with van der Waals surface area (Å²) in [5.74, 6) is 1.41. The summed E-state index contributed by atoms with van der Waals surface area (Å²) in [6, 6.07) is 19.5. The van der Waals surface area contributed by atoms with Crippen LogP contribution in [0.25, 0.3) is 26.6 Å². The number of para-hydroxylation sites is 1. The Hall–Kier alpha value is -2.97. The normalized spacial score (nSPS) is 11.5. The zero-order valence-electron chi connectivity index (χ0n) is 15.6. The molecule has 0 spiro atoms. The van der Waals surface area contributed by atoms with Gasteiger partial charge in [-0.05, 0) is 19.1 Å². The van der Waals surface area contributed by atoms with Gasteiger partial charge in [0.2, 0.25) is 0 Å². The first-order chi connectivity index (χ1) is 14.2. The molecule has 3 heterocycles. The molecule has 0 amide bonds. The third-order valence-corrected chi connectivity index (χ3v) is 6.68. The summed E-state index contributed by atoms with van der Waals surface area (Å²) in [4.78, 5) is 18.1. The lowest BCUT2D eigenvalue weighted by molar-refractivity contribution is 0.687. The summed E-state index contributed by atoms with van der Waals surface area (Å²) in [6.07, 6.45) is 0. The molecule has 6 nitrogen and oxygen atoms in total. The van der Waals surface area contributed by atoms with Crippen molar-refractivity contribution in [2.45, 2.75) is 24.4 Å². The van der Waals surface area contributed by atoms with Crippen molar-refractivity contribution in [1.82, 2.24) is 24.1 Å². The van der Waals surface area contributed by atoms with Crippen molar-refractivity contribution < 1.29 is 0 Å². The second-order valence-electron chi connectivity index (χ2n) is 6.48. The first kappa shape index (κ1) is 18.1. The molecule has 0 unspecified atom stereocenters. The molecule has 0 aliphatic heterocycles. The molecule has 144 valence electrons. The second kappa shape index (κ2) is 7.46. The molecule has 0 saturated carbocycles. The van der Waals surface area contributed by atoms with Gasteiger partial charge in [0.15, 0.2) is 15.9 Å². The maximum absolute atomic E-state index is 12.7. The second-order valence-corrected chi connectivity index (χ2v) is 8.43. The van der Waals surface area contributed by atoms with Gasteiger partial charge < -0.3 is 4.57 Å². The number of nitrogens with zero attached hydrogens (tertiary/aromatic N) is 5. The molecule has 0 N–H and O–H groups in total. The molecule has 0 aliphatic carbocycles. The van der Waals surface area contributed by atoms with Crippen LogP contribution >= 0.6 is 23.1 Å². The first-order valence-electron chi connectivity index (χ1n) is 9.26. The lowest BCUT2D eigenvalue weighted by Gasteiger charge is -2.07. The minimum atomic E-state index is -0.0509. The average Bonchev–Trinajstić information content (AvgIpc) is 3.33. The van der Waals surface area contributed by atoms with E-state index in [-0.39, 0.29) is 5.56 Å². The van der Waals surface area contributed by atoms with E-state index < -0.39 is 0 Å². The zero-order valence-corrected chi connectivity index (χ0v) is 17.3. The van der Waals surface area contributed by atoms with Crippen molar-refractivity contribution in [1.29, 1.82) is 0 Å². The van der Waals surface area contributed by atoms with Crippen molar-refractivity contribution in [2.24, 2.45) is 0 Å². The Bertz CT molecular complexity index is 1370. The van der Waals surface area contributed by atoms with Gasteiger partial charge in [0.1, 0.15) is 0 Å². The Morgan fingerprint density at radius 3 is 2.66 bits per heavy atom. The quantitative estimate of drug-likeness (QED) is 0.393. The van der Waals surface area contributed by atoms with Gasteiger partial charge in [-0.15, -0.1) is 10.2 Å². The Morgan fingerprint density at radius 2 is 1.83 bits per heavy atom. The van der Waals surface area contributed by atoms with Crippen LogP contribution in [-0.4, -0.2) is 24.1 Å². The van der Waals surface area contributed by atoms with Gasteiger partial charge in [0.05, 0.1) is 15.9 Å². The highest BCUT2D eigenvalue weighted by Crippen LogP contribution is 2.27. The molecule has 0 fully saturated rings. The topological polar surface area (TPSA) is 65.1 Å². The fourth-order valence-electron chi connectivity index (χ4n) is 3.32. The largest absolute Gasteiger partial charge is 0.302 e. The summed E-state index contributed by atoms with van der Waals surface area (Å²) < 4.78 is 4.82. The monoisotopic (exact) mass is 419 g/mol. The molecule has 0 saturated heterocycles. The number of hydrogen-bond acceptors (Lipinski definition) is 6. The highest BCUT2D eigenvalue weighted by atomic mass is 32.2. The zero-order chi connectivity index (χ0) is 19.8. The van der Waals surface area contributed by atoms with Gasteiger partial charge in [0, 0.05) is 23.9 Å². The molecule has 29 heavy (non-hydrogen) atoms. The fourth-order valence-corrected chi connectivity index (χ4v) is 5.26. The Morgan fingerprint density at radius 1 is 1.03 bits per heavy atom. The lowest BCUT2D eigenvalue weighted by atomic mass is 10.2. The lowest BCUT2D eigenvalue weighted by Crippen LogP contribution is -2.13. The molecule has 8 heteroatoms. The van der Waals surface area contributed by atoms with Gasteiger partial charge in [-0.3, -0.25) is 9.20 Å². The van der Waals surface area contributed by atoms with Crippen LogP contribution in [0.5, 0.6) is 0 Å². The molecule has 2 aromatic carbocycles. The highest BCUT2D eigenvalue weighted by Gasteiger charge is 2.14. The van der Waals surface area contributed by atoms with Crippen LogP contribution in [0.15, 0.2) is 70.6 Å². The summed E-state index contributed by atoms with van der Waals surface area (Å²) in [5.41, 5.74) is 2.64. The number of thioether (sulfide) groups is 1. The Balaban J connectivity index is 1.46. The van der Waals surface area contributed by atoms with Gasteiger partial charge >= 0.3 is 0 Å². The number of hydrogen-bond donors (Lipinski definition) is 0. The van der Waals surface area contributed by atoms with Crippen LogP contribution in [-0.2, 0) is 12.3 Å². The molecule has 0 bridgehead atoms. The van der Waals surface area contributed by atoms with E-state index in [1.807, 2.05) is 54.6 Å². The minimum absolute atomic E-state index is 0.0509. The maximum Gasteiger partial charge on any atom is 0.259 e. The third-order valence-electron chi connectivity index (χ3n) is 4.66. The van der Waals surface area contributed by atoms with Gasteiger partial charge in [-0.1, -0.05) is 65.6 Å². The van der Waals surface area contributed by atoms with Crippen LogP contribution in [0.3, 0.4) is 0 Å². The van der Waals surface area contributed by atoms with Crippen LogP contribution in [0.1, 0.15) is 12.6 Å². The van der Waals surface area contributed by atoms with Gasteiger partial charge in [-0.25, -0.2) is 4.98 Å². The van der Waals surface area contributed by atoms with Crippen molar-refractivity contribution in [3.05, 3.63) is 76.7 Å². The van der Waals surface area contributed by atoms with Crippen molar-refractivity contribution in [2.75, 3.05) is 0 Å². The van der Waals surface area contributed by atoms with Crippen LogP contribution in [0, 0.1) is 0 Å². The van der Waals surface area contributed by atoms with E-state index in [2.05, 4.69) is 21.7 Å². The number of thiazole rings is 1. The summed E-state index contributed by atoms with van der Waals surface area (Å²) in [5, 5.41) is 9.56. The predicted molar refractivity (Wildman–Crippen MR) is 118 cm³/mol. The van der Waals surface area contributed by atoms with Crippen LogP contribution in [0.4, 0.5) is 0 Å². The maximum atomic E-state index is 12.7. The van der Waals surface area contributed by atoms with E-state index >= 15 is 0 Å². The van der Waals surface area contributed by atoms with Gasteiger partial charge in [0.25, 0.3) is 5.56 Å². The minimum Gasteiger partial charge on any atom is -0.302 e. The molecular weight excluding hydrogens is 402 g/mol. The molecule has 0 radical (unpaired) electrons. The number of rotatable bonds is 5. The fraction of sp³-hybridized carbons (Fsp3) is 0.143. The summed E-state index contributed by atoms with van der Waals surface area (Å²) >= 11 is 3.08. The summed E-state index contributed by atoms with van der Waals surface area (Å²) in [7, 11) is 0. The third kappa shape index (κ3) is 3.24.